The second kappa shape index (κ2) is 7.94. The van der Waals surface area contributed by atoms with Crippen LogP contribution < -0.4 is 15.8 Å². The second-order valence-electron chi connectivity index (χ2n) is 5.70. The van der Waals surface area contributed by atoms with E-state index < -0.39 is 23.9 Å². The fraction of sp³-hybridized carbons (Fsp3) is 0.294. The summed E-state index contributed by atoms with van der Waals surface area (Å²) in [6, 6.07) is 4.67. The molecule has 2 rings (SSSR count). The fourth-order valence-electron chi connectivity index (χ4n) is 2.41. The van der Waals surface area contributed by atoms with Crippen LogP contribution in [0.15, 0.2) is 30.5 Å². The summed E-state index contributed by atoms with van der Waals surface area (Å²) in [6.07, 6.45) is -3.81. The minimum atomic E-state index is -4.74. The van der Waals surface area contributed by atoms with Crippen LogP contribution in [-0.4, -0.2) is 17.1 Å². The molecule has 140 valence electrons. The number of nitrogens with two attached hydrogens (primary N) is 1. The molecule has 0 aliphatic carbocycles. The maximum Gasteiger partial charge on any atom is 0.420 e. The molecule has 0 bridgehead atoms. The van der Waals surface area contributed by atoms with Crippen molar-refractivity contribution in [2.75, 3.05) is 5.32 Å². The Morgan fingerprint density at radius 3 is 2.58 bits per heavy atom. The maximum atomic E-state index is 13.9. The fourth-order valence-corrected chi connectivity index (χ4v) is 2.76. The molecule has 0 unspecified atom stereocenters. The summed E-state index contributed by atoms with van der Waals surface area (Å²) in [4.78, 5) is 15.3. The van der Waals surface area contributed by atoms with Crippen molar-refractivity contribution >= 4 is 27.6 Å². The Labute approximate surface area is 156 Å². The van der Waals surface area contributed by atoms with E-state index in [2.05, 4.69) is 26.2 Å². The van der Waals surface area contributed by atoms with E-state index in [-0.39, 0.29) is 22.7 Å². The van der Waals surface area contributed by atoms with Crippen LogP contribution >= 0.6 is 15.9 Å². The van der Waals surface area contributed by atoms with Gasteiger partial charge < -0.3 is 15.8 Å². The highest BCUT2D eigenvalue weighted by Crippen LogP contribution is 2.46. The molecule has 1 aromatic heterocycles. The number of urea groups is 1. The number of amides is 2. The molecule has 5 nitrogen and oxygen atoms in total. The predicted octanol–water partition coefficient (Wildman–Crippen LogP) is 4.94. The molecule has 0 aliphatic heterocycles. The molecular formula is C17H17BrF3N3O2. The molecule has 1 heterocycles. The minimum absolute atomic E-state index is 0.0484. The standard InChI is InChI=1S/C17H17BrF3N3O2/c1-9(2)26-13-4-3-11(24-16(22)25)14(15(13)17(19,20)21)12-7-10(8-18)5-6-23-12/h3-7,9H,8H2,1-2H3,(H3,22,24,25). The SMILES string of the molecule is CC(C)Oc1ccc(NC(N)=O)c(-c2cc(CBr)ccn2)c1C(F)(F)F. The van der Waals surface area contributed by atoms with Gasteiger partial charge in [-0.25, -0.2) is 4.79 Å². The Morgan fingerprint density at radius 2 is 2.04 bits per heavy atom. The normalized spacial score (nSPS) is 11.5. The first-order valence-electron chi connectivity index (χ1n) is 7.62. The third-order valence-corrected chi connectivity index (χ3v) is 3.95. The zero-order chi connectivity index (χ0) is 19.5. The Bertz CT molecular complexity index is 810. The minimum Gasteiger partial charge on any atom is -0.490 e. The zero-order valence-corrected chi connectivity index (χ0v) is 15.6. The topological polar surface area (TPSA) is 77.2 Å². The molecule has 0 aliphatic rings. The molecule has 0 spiro atoms. The number of ether oxygens (including phenoxy) is 1. The van der Waals surface area contributed by atoms with Crippen LogP contribution in [0.3, 0.4) is 0 Å². The number of anilines is 1. The number of carbonyl (C=O) groups is 1. The number of hydrogen-bond acceptors (Lipinski definition) is 3. The number of pyridine rings is 1. The van der Waals surface area contributed by atoms with E-state index in [1.54, 1.807) is 19.9 Å². The van der Waals surface area contributed by atoms with E-state index in [1.165, 1.54) is 18.3 Å². The Hall–Kier alpha value is -2.29. The van der Waals surface area contributed by atoms with E-state index in [9.17, 15) is 18.0 Å². The Balaban J connectivity index is 2.83. The van der Waals surface area contributed by atoms with E-state index in [0.717, 1.165) is 11.6 Å². The van der Waals surface area contributed by atoms with Gasteiger partial charge in [-0.1, -0.05) is 15.9 Å². The Kier molecular flexibility index (Phi) is 6.12. The number of rotatable bonds is 5. The first-order chi connectivity index (χ1) is 12.1. The first kappa shape index (κ1) is 20.0. The highest BCUT2D eigenvalue weighted by molar-refractivity contribution is 9.08. The highest BCUT2D eigenvalue weighted by Gasteiger charge is 2.39. The summed E-state index contributed by atoms with van der Waals surface area (Å²) in [6.45, 7) is 3.25. The van der Waals surface area contributed by atoms with Crippen LogP contribution in [0.1, 0.15) is 25.0 Å². The van der Waals surface area contributed by atoms with Crippen molar-refractivity contribution in [3.05, 3.63) is 41.6 Å². The molecule has 0 saturated carbocycles. The van der Waals surface area contributed by atoms with Crippen LogP contribution in [0.2, 0.25) is 0 Å². The highest BCUT2D eigenvalue weighted by atomic mass is 79.9. The van der Waals surface area contributed by atoms with Gasteiger partial charge in [0.25, 0.3) is 0 Å². The number of carbonyl (C=O) groups excluding carboxylic acids is 1. The van der Waals surface area contributed by atoms with Crippen molar-refractivity contribution in [3.63, 3.8) is 0 Å². The lowest BCUT2D eigenvalue weighted by Gasteiger charge is -2.22. The number of nitrogens with zero attached hydrogens (tertiary/aromatic N) is 1. The van der Waals surface area contributed by atoms with Gasteiger partial charge in [0, 0.05) is 17.1 Å². The molecule has 1 aromatic carbocycles. The third-order valence-electron chi connectivity index (χ3n) is 3.31. The summed E-state index contributed by atoms with van der Waals surface area (Å²) in [5, 5.41) is 2.67. The van der Waals surface area contributed by atoms with Crippen LogP contribution in [0, 0.1) is 0 Å². The van der Waals surface area contributed by atoms with Crippen molar-refractivity contribution in [3.8, 4) is 17.0 Å². The van der Waals surface area contributed by atoms with Gasteiger partial charge in [0.2, 0.25) is 0 Å². The molecule has 2 aromatic rings. The van der Waals surface area contributed by atoms with Gasteiger partial charge in [-0.3, -0.25) is 4.98 Å². The van der Waals surface area contributed by atoms with Gasteiger partial charge in [0.15, 0.2) is 0 Å². The van der Waals surface area contributed by atoms with Crippen molar-refractivity contribution in [2.24, 2.45) is 5.73 Å². The summed E-state index contributed by atoms with van der Waals surface area (Å²) in [7, 11) is 0. The number of benzene rings is 1. The molecule has 0 saturated heterocycles. The summed E-state index contributed by atoms with van der Waals surface area (Å²) in [5.74, 6) is -0.344. The van der Waals surface area contributed by atoms with Gasteiger partial charge in [-0.05, 0) is 43.7 Å². The monoisotopic (exact) mass is 431 g/mol. The number of hydrogen-bond donors (Lipinski definition) is 2. The van der Waals surface area contributed by atoms with Crippen LogP contribution in [0.5, 0.6) is 5.75 Å². The number of alkyl halides is 4. The van der Waals surface area contributed by atoms with Crippen molar-refractivity contribution < 1.29 is 22.7 Å². The first-order valence-corrected chi connectivity index (χ1v) is 8.74. The molecule has 2 amide bonds. The van der Waals surface area contributed by atoms with E-state index in [4.69, 9.17) is 10.5 Å². The smallest absolute Gasteiger partial charge is 0.420 e. The lowest BCUT2D eigenvalue weighted by Crippen LogP contribution is -2.21. The maximum absolute atomic E-state index is 13.9. The summed E-state index contributed by atoms with van der Waals surface area (Å²) in [5.41, 5.74) is 4.48. The molecule has 9 heteroatoms. The van der Waals surface area contributed by atoms with Gasteiger partial charge in [0.1, 0.15) is 11.3 Å². The zero-order valence-electron chi connectivity index (χ0n) is 14.0. The lowest BCUT2D eigenvalue weighted by atomic mass is 9.98. The number of halogens is 4. The molecule has 26 heavy (non-hydrogen) atoms. The van der Waals surface area contributed by atoms with Crippen molar-refractivity contribution in [1.29, 1.82) is 0 Å². The van der Waals surface area contributed by atoms with Crippen LogP contribution in [0.25, 0.3) is 11.3 Å². The van der Waals surface area contributed by atoms with Gasteiger partial charge >= 0.3 is 12.2 Å². The van der Waals surface area contributed by atoms with Gasteiger partial charge in [-0.2, -0.15) is 13.2 Å². The lowest BCUT2D eigenvalue weighted by molar-refractivity contribution is -0.138. The van der Waals surface area contributed by atoms with Crippen LogP contribution in [0.4, 0.5) is 23.7 Å². The molecule has 0 atom stereocenters. The third kappa shape index (κ3) is 4.66. The summed E-state index contributed by atoms with van der Waals surface area (Å²) >= 11 is 3.26. The second-order valence-corrected chi connectivity index (χ2v) is 6.26. The average Bonchev–Trinajstić information content (AvgIpc) is 2.53. The van der Waals surface area contributed by atoms with Gasteiger partial charge in [0.05, 0.1) is 17.5 Å². The largest absolute Gasteiger partial charge is 0.490 e. The van der Waals surface area contributed by atoms with E-state index in [1.807, 2.05) is 0 Å². The van der Waals surface area contributed by atoms with E-state index >= 15 is 0 Å². The van der Waals surface area contributed by atoms with Crippen molar-refractivity contribution in [2.45, 2.75) is 31.5 Å². The van der Waals surface area contributed by atoms with Gasteiger partial charge in [-0.15, -0.1) is 0 Å². The average molecular weight is 432 g/mol. The van der Waals surface area contributed by atoms with Crippen molar-refractivity contribution in [1.82, 2.24) is 4.98 Å². The number of nitrogens with one attached hydrogen (secondary N) is 1. The van der Waals surface area contributed by atoms with E-state index in [0.29, 0.717) is 5.33 Å². The number of aromatic nitrogens is 1. The molecule has 3 N–H and O–H groups in total. The molecule has 0 fully saturated rings. The molecular weight excluding hydrogens is 415 g/mol. The quantitative estimate of drug-likeness (QED) is 0.658. The molecule has 0 radical (unpaired) electrons. The predicted molar refractivity (Wildman–Crippen MR) is 96.3 cm³/mol. The number of primary amides is 1. The van der Waals surface area contributed by atoms with Crippen LogP contribution in [-0.2, 0) is 11.5 Å². The summed E-state index contributed by atoms with van der Waals surface area (Å²) < 4.78 is 47.0. The Morgan fingerprint density at radius 1 is 1.35 bits per heavy atom.